The van der Waals surface area contributed by atoms with Crippen molar-refractivity contribution >= 4 is 5.97 Å². The molecule has 0 spiro atoms. The minimum absolute atomic E-state index is 0.185. The number of hydrogen-bond acceptors (Lipinski definition) is 4. The van der Waals surface area contributed by atoms with Crippen LogP contribution in [0.25, 0.3) is 0 Å². The lowest BCUT2D eigenvalue weighted by molar-refractivity contribution is -0.141. The Morgan fingerprint density at radius 3 is 2.60 bits per heavy atom. The summed E-state index contributed by atoms with van der Waals surface area (Å²) in [6.07, 6.45) is 0. The van der Waals surface area contributed by atoms with Crippen molar-refractivity contribution in [2.75, 3.05) is 7.11 Å². The average Bonchev–Trinajstić information content (AvgIpc) is 2.21. The largest absolute Gasteiger partial charge is 0.468 e. The van der Waals surface area contributed by atoms with E-state index in [2.05, 4.69) is 4.74 Å². The van der Waals surface area contributed by atoms with Gasteiger partial charge < -0.3 is 4.74 Å². The fourth-order valence-corrected chi connectivity index (χ4v) is 1.17. The Morgan fingerprint density at radius 2 is 2.07 bits per heavy atom. The van der Waals surface area contributed by atoms with Crippen molar-refractivity contribution in [2.45, 2.75) is 13.5 Å². The van der Waals surface area contributed by atoms with E-state index in [4.69, 9.17) is 0 Å². The third-order valence-electron chi connectivity index (χ3n) is 2.12. The highest BCUT2D eigenvalue weighted by Crippen LogP contribution is 1.90. The molecule has 0 saturated heterocycles. The summed E-state index contributed by atoms with van der Waals surface area (Å²) in [6, 6.07) is 1.30. The average molecular weight is 212 g/mol. The van der Waals surface area contributed by atoms with E-state index in [1.165, 1.54) is 24.8 Å². The van der Waals surface area contributed by atoms with Crippen LogP contribution in [0.2, 0.25) is 0 Å². The normalized spacial score (nSPS) is 10.1. The molecule has 1 heterocycles. The second kappa shape index (κ2) is 4.12. The molecular weight excluding hydrogens is 200 g/mol. The summed E-state index contributed by atoms with van der Waals surface area (Å²) in [4.78, 5) is 33.8. The van der Waals surface area contributed by atoms with Crippen LogP contribution in [0.5, 0.6) is 0 Å². The monoisotopic (exact) mass is 212 g/mol. The van der Waals surface area contributed by atoms with Gasteiger partial charge in [0.25, 0.3) is 5.56 Å². The fourth-order valence-electron chi connectivity index (χ4n) is 1.17. The van der Waals surface area contributed by atoms with Crippen molar-refractivity contribution in [1.82, 2.24) is 9.13 Å². The highest BCUT2D eigenvalue weighted by Gasteiger charge is 2.09. The van der Waals surface area contributed by atoms with Crippen molar-refractivity contribution in [1.29, 1.82) is 0 Å². The second-order valence-electron chi connectivity index (χ2n) is 3.13. The van der Waals surface area contributed by atoms with E-state index in [0.717, 1.165) is 4.57 Å². The minimum atomic E-state index is -0.529. The van der Waals surface area contributed by atoms with Gasteiger partial charge in [-0.05, 0) is 6.92 Å². The van der Waals surface area contributed by atoms with Crippen LogP contribution in [0, 0.1) is 6.92 Å². The molecule has 0 N–H and O–H groups in total. The van der Waals surface area contributed by atoms with Crippen molar-refractivity contribution < 1.29 is 9.53 Å². The van der Waals surface area contributed by atoms with Gasteiger partial charge in [-0.15, -0.1) is 0 Å². The van der Waals surface area contributed by atoms with E-state index in [0.29, 0.717) is 5.69 Å². The zero-order chi connectivity index (χ0) is 11.6. The molecule has 15 heavy (non-hydrogen) atoms. The summed E-state index contributed by atoms with van der Waals surface area (Å²) in [5.41, 5.74) is -0.475. The highest BCUT2D eigenvalue weighted by molar-refractivity contribution is 5.69. The van der Waals surface area contributed by atoms with Gasteiger partial charge in [-0.2, -0.15) is 0 Å². The number of carbonyl (C=O) groups is 1. The van der Waals surface area contributed by atoms with Gasteiger partial charge in [0.1, 0.15) is 6.54 Å². The molecule has 0 aliphatic rings. The molecule has 1 rings (SSSR count). The third-order valence-corrected chi connectivity index (χ3v) is 2.12. The summed E-state index contributed by atoms with van der Waals surface area (Å²) in [6.45, 7) is 1.40. The Labute approximate surface area is 85.7 Å². The molecule has 0 aromatic carbocycles. The molecule has 0 amide bonds. The van der Waals surface area contributed by atoms with E-state index < -0.39 is 17.2 Å². The standard InChI is InChI=1S/C9H12N2O4/c1-6-4-7(12)10(2)9(14)11(6)5-8(13)15-3/h4H,5H2,1-3H3. The number of carbonyl (C=O) groups excluding carboxylic acids is 1. The Bertz CT molecular complexity index is 498. The van der Waals surface area contributed by atoms with Crippen LogP contribution in [-0.4, -0.2) is 22.2 Å². The first-order valence-electron chi connectivity index (χ1n) is 4.31. The molecule has 0 saturated carbocycles. The molecule has 0 fully saturated rings. The van der Waals surface area contributed by atoms with E-state index in [9.17, 15) is 14.4 Å². The maximum atomic E-state index is 11.6. The lowest BCUT2D eigenvalue weighted by Gasteiger charge is -2.09. The van der Waals surface area contributed by atoms with E-state index >= 15 is 0 Å². The quantitative estimate of drug-likeness (QED) is 0.591. The van der Waals surface area contributed by atoms with Crippen LogP contribution >= 0.6 is 0 Å². The smallest absolute Gasteiger partial charge is 0.331 e. The molecule has 0 bridgehead atoms. The molecule has 1 aromatic rings. The van der Waals surface area contributed by atoms with Gasteiger partial charge in [-0.3, -0.25) is 18.7 Å². The number of ether oxygens (including phenoxy) is 1. The maximum absolute atomic E-state index is 11.6. The predicted octanol–water partition coefficient (Wildman–Crippen LogP) is -0.972. The first-order chi connectivity index (χ1) is 6.97. The van der Waals surface area contributed by atoms with E-state index in [1.54, 1.807) is 6.92 Å². The van der Waals surface area contributed by atoms with Gasteiger partial charge in [-0.25, -0.2) is 4.79 Å². The number of hydrogen-bond donors (Lipinski definition) is 0. The lowest BCUT2D eigenvalue weighted by Crippen LogP contribution is -2.40. The zero-order valence-corrected chi connectivity index (χ0v) is 8.81. The summed E-state index contributed by atoms with van der Waals surface area (Å²) < 4.78 is 6.58. The van der Waals surface area contributed by atoms with Crippen molar-refractivity contribution in [3.63, 3.8) is 0 Å². The minimum Gasteiger partial charge on any atom is -0.468 e. The van der Waals surface area contributed by atoms with Gasteiger partial charge in [0, 0.05) is 18.8 Å². The van der Waals surface area contributed by atoms with Gasteiger partial charge in [0.15, 0.2) is 0 Å². The molecule has 6 heteroatoms. The van der Waals surface area contributed by atoms with Crippen LogP contribution in [0.4, 0.5) is 0 Å². The van der Waals surface area contributed by atoms with Gasteiger partial charge in [0.05, 0.1) is 7.11 Å². The number of methoxy groups -OCH3 is 1. The Kier molecular flexibility index (Phi) is 3.08. The van der Waals surface area contributed by atoms with Crippen molar-refractivity contribution in [3.8, 4) is 0 Å². The van der Waals surface area contributed by atoms with Crippen LogP contribution in [0.15, 0.2) is 15.7 Å². The third kappa shape index (κ3) is 2.15. The van der Waals surface area contributed by atoms with Gasteiger partial charge in [0.2, 0.25) is 0 Å². The molecule has 0 aliphatic carbocycles. The number of esters is 1. The Balaban J connectivity index is 3.31. The van der Waals surface area contributed by atoms with Crippen molar-refractivity contribution in [2.24, 2.45) is 7.05 Å². The number of aryl methyl sites for hydroxylation is 1. The number of nitrogens with zero attached hydrogens (tertiary/aromatic N) is 2. The lowest BCUT2D eigenvalue weighted by atomic mass is 10.4. The van der Waals surface area contributed by atoms with Crippen LogP contribution in [-0.2, 0) is 23.1 Å². The summed E-state index contributed by atoms with van der Waals surface area (Å²) in [5.74, 6) is -0.529. The summed E-state index contributed by atoms with van der Waals surface area (Å²) in [7, 11) is 2.60. The first kappa shape index (κ1) is 11.2. The molecular formula is C9H12N2O4. The van der Waals surface area contributed by atoms with Crippen molar-refractivity contribution in [3.05, 3.63) is 32.6 Å². The number of aromatic nitrogens is 2. The van der Waals surface area contributed by atoms with Crippen LogP contribution < -0.4 is 11.2 Å². The summed E-state index contributed by atoms with van der Waals surface area (Å²) in [5, 5.41) is 0. The second-order valence-corrected chi connectivity index (χ2v) is 3.13. The SMILES string of the molecule is COC(=O)Cn1c(C)cc(=O)n(C)c1=O. The van der Waals surface area contributed by atoms with E-state index in [-0.39, 0.29) is 6.54 Å². The first-order valence-corrected chi connectivity index (χ1v) is 4.31. The van der Waals surface area contributed by atoms with Crippen LogP contribution in [0.3, 0.4) is 0 Å². The summed E-state index contributed by atoms with van der Waals surface area (Å²) >= 11 is 0. The van der Waals surface area contributed by atoms with Crippen LogP contribution in [0.1, 0.15) is 5.69 Å². The predicted molar refractivity (Wildman–Crippen MR) is 52.7 cm³/mol. The maximum Gasteiger partial charge on any atom is 0.331 e. The topological polar surface area (TPSA) is 70.3 Å². The molecule has 0 unspecified atom stereocenters. The fraction of sp³-hybridized carbons (Fsp3) is 0.444. The molecule has 0 radical (unpaired) electrons. The molecule has 0 aliphatic heterocycles. The van der Waals surface area contributed by atoms with Gasteiger partial charge in [-0.1, -0.05) is 0 Å². The number of rotatable bonds is 2. The highest BCUT2D eigenvalue weighted by atomic mass is 16.5. The molecule has 82 valence electrons. The zero-order valence-electron chi connectivity index (χ0n) is 8.81. The van der Waals surface area contributed by atoms with Gasteiger partial charge >= 0.3 is 11.7 Å². The molecule has 1 aromatic heterocycles. The Morgan fingerprint density at radius 1 is 1.47 bits per heavy atom. The van der Waals surface area contributed by atoms with E-state index in [1.807, 2.05) is 0 Å². The molecule has 0 atom stereocenters. The Hall–Kier alpha value is -1.85. The molecule has 6 nitrogen and oxygen atoms in total.